The molecule has 152 valence electrons. The molecule has 0 amide bonds. The van der Waals surface area contributed by atoms with Crippen LogP contribution in [0.2, 0.25) is 0 Å². The predicted octanol–water partition coefficient (Wildman–Crippen LogP) is 3.47. The summed E-state index contributed by atoms with van der Waals surface area (Å²) in [5.41, 5.74) is 3.40. The fourth-order valence-electron chi connectivity index (χ4n) is 3.27. The molecule has 0 saturated heterocycles. The number of ether oxygens (including phenoxy) is 2. The lowest BCUT2D eigenvalue weighted by atomic mass is 10.1. The third-order valence-electron chi connectivity index (χ3n) is 4.58. The first-order valence-corrected chi connectivity index (χ1v) is 10.8. The number of benzene rings is 1. The van der Waals surface area contributed by atoms with Gasteiger partial charge in [-0.05, 0) is 39.3 Å². The molecule has 7 heteroatoms. The zero-order chi connectivity index (χ0) is 19.9. The summed E-state index contributed by atoms with van der Waals surface area (Å²) in [7, 11) is 1.79. The van der Waals surface area contributed by atoms with Crippen LogP contribution in [0.4, 0.5) is 0 Å². The van der Waals surface area contributed by atoms with Gasteiger partial charge in [-0.2, -0.15) is 0 Å². The van der Waals surface area contributed by atoms with E-state index in [1.807, 2.05) is 13.8 Å². The summed E-state index contributed by atoms with van der Waals surface area (Å²) in [6.45, 7) is 8.26. The van der Waals surface area contributed by atoms with E-state index in [4.69, 9.17) is 9.47 Å². The summed E-state index contributed by atoms with van der Waals surface area (Å²) < 4.78 is 11.8. The van der Waals surface area contributed by atoms with Crippen molar-refractivity contribution in [2.45, 2.75) is 52.7 Å². The molecule has 2 heterocycles. The number of guanidine groups is 1. The molecule has 1 unspecified atom stereocenters. The Kier molecular flexibility index (Phi) is 7.14. The van der Waals surface area contributed by atoms with Crippen LogP contribution in [0.5, 0.6) is 11.5 Å². The summed E-state index contributed by atoms with van der Waals surface area (Å²) in [4.78, 5) is 8.82. The highest BCUT2D eigenvalue weighted by Crippen LogP contribution is 2.35. The van der Waals surface area contributed by atoms with Crippen LogP contribution in [-0.4, -0.2) is 37.2 Å². The molecule has 0 saturated carbocycles. The second kappa shape index (κ2) is 9.78. The Morgan fingerprint density at radius 1 is 1.39 bits per heavy atom. The quantitative estimate of drug-likeness (QED) is 0.402. The lowest BCUT2D eigenvalue weighted by Crippen LogP contribution is -2.37. The van der Waals surface area contributed by atoms with Crippen molar-refractivity contribution >= 4 is 17.3 Å². The molecule has 0 spiro atoms. The maximum Gasteiger partial charge on any atom is 0.191 e. The number of thiazole rings is 1. The van der Waals surface area contributed by atoms with Crippen LogP contribution >= 0.6 is 11.3 Å². The van der Waals surface area contributed by atoms with E-state index in [1.165, 1.54) is 10.6 Å². The Hall–Kier alpha value is -2.28. The van der Waals surface area contributed by atoms with Crippen molar-refractivity contribution < 1.29 is 9.47 Å². The van der Waals surface area contributed by atoms with Crippen LogP contribution in [-0.2, 0) is 19.4 Å². The third kappa shape index (κ3) is 5.38. The Bertz CT molecular complexity index is 819. The molecule has 1 aromatic heterocycles. The van der Waals surface area contributed by atoms with Crippen LogP contribution in [0.1, 0.15) is 42.1 Å². The van der Waals surface area contributed by atoms with Crippen molar-refractivity contribution in [3.63, 3.8) is 0 Å². The lowest BCUT2D eigenvalue weighted by molar-refractivity contribution is 0.254. The zero-order valence-corrected chi connectivity index (χ0v) is 18.0. The van der Waals surface area contributed by atoms with Gasteiger partial charge < -0.3 is 20.1 Å². The standard InChI is InChI=1S/C21H30N4O2S/c1-5-26-18-10-16-9-15(3)27-19(16)11-17(18)12-24-21(22-4)23-8-6-7-20-25-14(2)13-28-20/h10-11,13,15H,5-9,12H2,1-4H3,(H2,22,23,24). The first-order chi connectivity index (χ1) is 13.6. The molecule has 28 heavy (non-hydrogen) atoms. The smallest absolute Gasteiger partial charge is 0.191 e. The molecule has 1 aliphatic heterocycles. The highest BCUT2D eigenvalue weighted by molar-refractivity contribution is 7.09. The molecule has 3 rings (SSSR count). The maximum atomic E-state index is 5.90. The van der Waals surface area contributed by atoms with E-state index in [-0.39, 0.29) is 6.10 Å². The van der Waals surface area contributed by atoms with Gasteiger partial charge in [0.15, 0.2) is 5.96 Å². The maximum absolute atomic E-state index is 5.90. The summed E-state index contributed by atoms with van der Waals surface area (Å²) in [6.07, 6.45) is 3.16. The van der Waals surface area contributed by atoms with Gasteiger partial charge in [0.2, 0.25) is 0 Å². The van der Waals surface area contributed by atoms with Gasteiger partial charge in [-0.3, -0.25) is 4.99 Å². The largest absolute Gasteiger partial charge is 0.494 e. The van der Waals surface area contributed by atoms with Crippen LogP contribution in [0.15, 0.2) is 22.5 Å². The molecule has 0 fully saturated rings. The minimum absolute atomic E-state index is 0.226. The van der Waals surface area contributed by atoms with Crippen molar-refractivity contribution in [3.05, 3.63) is 39.3 Å². The van der Waals surface area contributed by atoms with Gasteiger partial charge in [0, 0.05) is 55.2 Å². The van der Waals surface area contributed by atoms with Crippen molar-refractivity contribution in [1.29, 1.82) is 0 Å². The molecular weight excluding hydrogens is 372 g/mol. The van der Waals surface area contributed by atoms with E-state index in [9.17, 15) is 0 Å². The summed E-state index contributed by atoms with van der Waals surface area (Å²) in [5.74, 6) is 2.67. The predicted molar refractivity (Wildman–Crippen MR) is 115 cm³/mol. The van der Waals surface area contributed by atoms with Crippen LogP contribution in [0.3, 0.4) is 0 Å². The van der Waals surface area contributed by atoms with Crippen LogP contribution in [0.25, 0.3) is 0 Å². The number of aliphatic imine (C=N–C) groups is 1. The van der Waals surface area contributed by atoms with E-state index in [2.05, 4.69) is 45.0 Å². The summed E-state index contributed by atoms with van der Waals surface area (Å²) >= 11 is 1.73. The van der Waals surface area contributed by atoms with Gasteiger partial charge >= 0.3 is 0 Å². The molecule has 2 N–H and O–H groups in total. The van der Waals surface area contributed by atoms with Gasteiger partial charge in [0.1, 0.15) is 17.6 Å². The molecule has 1 aliphatic rings. The van der Waals surface area contributed by atoms with E-state index in [0.717, 1.165) is 54.5 Å². The monoisotopic (exact) mass is 402 g/mol. The normalized spacial score (nSPS) is 15.9. The second-order valence-corrected chi connectivity index (χ2v) is 7.91. The molecule has 1 atom stereocenters. The van der Waals surface area contributed by atoms with E-state index >= 15 is 0 Å². The zero-order valence-electron chi connectivity index (χ0n) is 17.2. The number of hydrogen-bond acceptors (Lipinski definition) is 5. The Morgan fingerprint density at radius 3 is 2.96 bits per heavy atom. The van der Waals surface area contributed by atoms with Gasteiger partial charge in [-0.1, -0.05) is 0 Å². The summed E-state index contributed by atoms with van der Waals surface area (Å²) in [5, 5.41) is 10.0. The Balaban J connectivity index is 1.52. The second-order valence-electron chi connectivity index (χ2n) is 6.97. The number of aryl methyl sites for hydroxylation is 2. The first kappa shape index (κ1) is 20.5. The number of rotatable bonds is 8. The number of nitrogens with zero attached hydrogens (tertiary/aromatic N) is 2. The Labute approximate surface area is 171 Å². The summed E-state index contributed by atoms with van der Waals surface area (Å²) in [6, 6.07) is 4.21. The van der Waals surface area contributed by atoms with Crippen molar-refractivity contribution in [3.8, 4) is 11.5 Å². The number of aromatic nitrogens is 1. The molecule has 1 aromatic carbocycles. The van der Waals surface area contributed by atoms with E-state index in [1.54, 1.807) is 18.4 Å². The van der Waals surface area contributed by atoms with Crippen LogP contribution in [0, 0.1) is 6.92 Å². The van der Waals surface area contributed by atoms with E-state index in [0.29, 0.717) is 13.2 Å². The molecular formula is C21H30N4O2S. The van der Waals surface area contributed by atoms with Crippen molar-refractivity contribution in [1.82, 2.24) is 15.6 Å². The average molecular weight is 403 g/mol. The molecule has 0 radical (unpaired) electrons. The fourth-order valence-corrected chi connectivity index (χ4v) is 4.09. The minimum Gasteiger partial charge on any atom is -0.494 e. The number of nitrogens with one attached hydrogen (secondary N) is 2. The SMILES string of the molecule is CCOc1cc2c(cc1CNC(=NC)NCCCc1nc(C)cs1)OC(C)C2. The highest BCUT2D eigenvalue weighted by atomic mass is 32.1. The van der Waals surface area contributed by atoms with Gasteiger partial charge in [0.25, 0.3) is 0 Å². The van der Waals surface area contributed by atoms with Gasteiger partial charge in [-0.25, -0.2) is 4.98 Å². The average Bonchev–Trinajstić information content (AvgIpc) is 3.25. The number of fused-ring (bicyclic) bond motifs is 1. The minimum atomic E-state index is 0.226. The van der Waals surface area contributed by atoms with Gasteiger partial charge in [0.05, 0.1) is 11.6 Å². The Morgan fingerprint density at radius 2 is 2.25 bits per heavy atom. The molecule has 0 aliphatic carbocycles. The molecule has 0 bridgehead atoms. The van der Waals surface area contributed by atoms with E-state index < -0.39 is 0 Å². The lowest BCUT2D eigenvalue weighted by Gasteiger charge is -2.15. The van der Waals surface area contributed by atoms with Crippen molar-refractivity contribution in [2.24, 2.45) is 4.99 Å². The fraction of sp³-hybridized carbons (Fsp3) is 0.524. The third-order valence-corrected chi connectivity index (χ3v) is 5.60. The van der Waals surface area contributed by atoms with Gasteiger partial charge in [-0.15, -0.1) is 11.3 Å². The topological polar surface area (TPSA) is 67.8 Å². The first-order valence-electron chi connectivity index (χ1n) is 9.89. The highest BCUT2D eigenvalue weighted by Gasteiger charge is 2.21. The van der Waals surface area contributed by atoms with Crippen molar-refractivity contribution in [2.75, 3.05) is 20.2 Å². The molecule has 2 aromatic rings. The molecule has 6 nitrogen and oxygen atoms in total. The number of hydrogen-bond donors (Lipinski definition) is 2. The van der Waals surface area contributed by atoms with Crippen LogP contribution < -0.4 is 20.1 Å².